The van der Waals surface area contributed by atoms with Crippen LogP contribution in [0.15, 0.2) is 18.2 Å². The molecule has 0 unspecified atom stereocenters. The highest BCUT2D eigenvalue weighted by molar-refractivity contribution is 5.53. The van der Waals surface area contributed by atoms with E-state index in [2.05, 4.69) is 30.0 Å². The summed E-state index contributed by atoms with van der Waals surface area (Å²) in [5, 5.41) is 0. The predicted octanol–water partition coefficient (Wildman–Crippen LogP) is 1.77. The number of nitrogens with zero attached hydrogens (tertiary/aromatic N) is 1. The van der Waals surface area contributed by atoms with Crippen LogP contribution < -0.4 is 10.6 Å². The molecule has 1 rings (SSSR count). The van der Waals surface area contributed by atoms with Gasteiger partial charge in [-0.05, 0) is 23.6 Å². The van der Waals surface area contributed by atoms with Crippen LogP contribution in [0.1, 0.15) is 18.1 Å². The second-order valence-electron chi connectivity index (χ2n) is 3.42. The lowest BCUT2D eigenvalue weighted by Gasteiger charge is -2.17. The van der Waals surface area contributed by atoms with E-state index in [9.17, 15) is 0 Å². The molecule has 13 heavy (non-hydrogen) atoms. The molecule has 72 valence electrons. The minimum atomic E-state index is 0.612. The van der Waals surface area contributed by atoms with E-state index in [4.69, 9.17) is 5.73 Å². The first kappa shape index (κ1) is 10.1. The van der Waals surface area contributed by atoms with E-state index in [0.717, 1.165) is 6.42 Å². The van der Waals surface area contributed by atoms with Crippen LogP contribution in [0.4, 0.5) is 5.69 Å². The molecule has 2 heteroatoms. The second kappa shape index (κ2) is 4.28. The molecule has 2 N–H and O–H groups in total. The zero-order valence-corrected chi connectivity index (χ0v) is 8.67. The smallest absolute Gasteiger partial charge is 0.0406 e. The zero-order chi connectivity index (χ0) is 9.84. The van der Waals surface area contributed by atoms with E-state index in [1.54, 1.807) is 0 Å². The van der Waals surface area contributed by atoms with Gasteiger partial charge in [0.2, 0.25) is 0 Å². The van der Waals surface area contributed by atoms with Crippen molar-refractivity contribution in [3.63, 3.8) is 0 Å². The fourth-order valence-corrected chi connectivity index (χ4v) is 1.46. The highest BCUT2D eigenvalue weighted by Crippen LogP contribution is 2.19. The highest BCUT2D eigenvalue weighted by Gasteiger charge is 2.02. The van der Waals surface area contributed by atoms with E-state index < -0.39 is 0 Å². The maximum atomic E-state index is 5.69. The summed E-state index contributed by atoms with van der Waals surface area (Å²) in [4.78, 5) is 2.10. The Morgan fingerprint density at radius 3 is 2.46 bits per heavy atom. The summed E-state index contributed by atoms with van der Waals surface area (Å²) in [5.41, 5.74) is 9.49. The molecule has 0 spiro atoms. The lowest BCUT2D eigenvalue weighted by atomic mass is 10.1. The summed E-state index contributed by atoms with van der Waals surface area (Å²) >= 11 is 0. The van der Waals surface area contributed by atoms with Crippen LogP contribution in [0.5, 0.6) is 0 Å². The first-order valence-corrected chi connectivity index (χ1v) is 4.68. The predicted molar refractivity (Wildman–Crippen MR) is 58.0 cm³/mol. The van der Waals surface area contributed by atoms with E-state index in [-0.39, 0.29) is 0 Å². The van der Waals surface area contributed by atoms with Gasteiger partial charge in [-0.15, -0.1) is 0 Å². The SMILES string of the molecule is CCc1ccc(N(C)C)c(CN)c1. The Labute approximate surface area is 80.4 Å². The number of aryl methyl sites for hydroxylation is 1. The molecule has 0 bridgehead atoms. The molecule has 0 atom stereocenters. The summed E-state index contributed by atoms with van der Waals surface area (Å²) in [7, 11) is 4.08. The van der Waals surface area contributed by atoms with Crippen molar-refractivity contribution in [2.24, 2.45) is 5.73 Å². The number of hydrogen-bond acceptors (Lipinski definition) is 2. The van der Waals surface area contributed by atoms with E-state index in [0.29, 0.717) is 6.54 Å². The van der Waals surface area contributed by atoms with Crippen LogP contribution in [-0.4, -0.2) is 14.1 Å². The standard InChI is InChI=1S/C11H18N2/c1-4-9-5-6-11(13(2)3)10(7-9)8-12/h5-7H,4,8,12H2,1-3H3. The number of nitrogens with two attached hydrogens (primary N) is 1. The molecule has 1 aromatic carbocycles. The molecule has 1 aromatic rings. The molecule has 0 saturated heterocycles. The number of benzene rings is 1. The zero-order valence-electron chi connectivity index (χ0n) is 8.67. The number of rotatable bonds is 3. The lowest BCUT2D eigenvalue weighted by molar-refractivity contribution is 1.01. The minimum Gasteiger partial charge on any atom is -0.377 e. The van der Waals surface area contributed by atoms with E-state index >= 15 is 0 Å². The van der Waals surface area contributed by atoms with Gasteiger partial charge in [-0.1, -0.05) is 19.1 Å². The van der Waals surface area contributed by atoms with Gasteiger partial charge in [0.05, 0.1) is 0 Å². The first-order chi connectivity index (χ1) is 6.19. The third kappa shape index (κ3) is 2.22. The van der Waals surface area contributed by atoms with Crippen LogP contribution in [0.25, 0.3) is 0 Å². The van der Waals surface area contributed by atoms with Crippen molar-refractivity contribution in [3.8, 4) is 0 Å². The Hall–Kier alpha value is -1.02. The fraction of sp³-hybridized carbons (Fsp3) is 0.455. The minimum absolute atomic E-state index is 0.612. The van der Waals surface area contributed by atoms with Crippen molar-refractivity contribution in [2.45, 2.75) is 19.9 Å². The molecular formula is C11H18N2. The van der Waals surface area contributed by atoms with Crippen molar-refractivity contribution in [3.05, 3.63) is 29.3 Å². The third-order valence-electron chi connectivity index (χ3n) is 2.25. The molecule has 0 aliphatic carbocycles. The van der Waals surface area contributed by atoms with Gasteiger partial charge in [0.15, 0.2) is 0 Å². The summed E-state index contributed by atoms with van der Waals surface area (Å²) in [6.07, 6.45) is 1.07. The molecule has 0 aliphatic rings. The molecule has 0 heterocycles. The van der Waals surface area contributed by atoms with Crippen LogP contribution >= 0.6 is 0 Å². The molecule has 0 fully saturated rings. The van der Waals surface area contributed by atoms with Crippen molar-refractivity contribution < 1.29 is 0 Å². The maximum absolute atomic E-state index is 5.69. The van der Waals surface area contributed by atoms with Crippen molar-refractivity contribution in [1.29, 1.82) is 0 Å². The van der Waals surface area contributed by atoms with Crippen LogP contribution in [0.2, 0.25) is 0 Å². The maximum Gasteiger partial charge on any atom is 0.0406 e. The average Bonchev–Trinajstić information content (AvgIpc) is 2.16. The van der Waals surface area contributed by atoms with Gasteiger partial charge in [-0.3, -0.25) is 0 Å². The highest BCUT2D eigenvalue weighted by atomic mass is 15.1. The van der Waals surface area contributed by atoms with Gasteiger partial charge >= 0.3 is 0 Å². The Morgan fingerprint density at radius 2 is 2.00 bits per heavy atom. The number of anilines is 1. The number of hydrogen-bond donors (Lipinski definition) is 1. The van der Waals surface area contributed by atoms with Crippen LogP contribution in [0, 0.1) is 0 Å². The molecule has 0 amide bonds. The van der Waals surface area contributed by atoms with Gasteiger partial charge in [0, 0.05) is 26.3 Å². The van der Waals surface area contributed by atoms with Gasteiger partial charge in [0.25, 0.3) is 0 Å². The van der Waals surface area contributed by atoms with Gasteiger partial charge < -0.3 is 10.6 Å². The van der Waals surface area contributed by atoms with Crippen LogP contribution in [-0.2, 0) is 13.0 Å². The second-order valence-corrected chi connectivity index (χ2v) is 3.42. The topological polar surface area (TPSA) is 29.3 Å². The molecule has 0 saturated carbocycles. The third-order valence-corrected chi connectivity index (χ3v) is 2.25. The Balaban J connectivity index is 3.08. The van der Waals surface area contributed by atoms with Crippen molar-refractivity contribution >= 4 is 5.69 Å². The summed E-state index contributed by atoms with van der Waals surface area (Å²) < 4.78 is 0. The molecule has 0 radical (unpaired) electrons. The van der Waals surface area contributed by atoms with Crippen molar-refractivity contribution in [1.82, 2.24) is 0 Å². The monoisotopic (exact) mass is 178 g/mol. The average molecular weight is 178 g/mol. The summed E-state index contributed by atoms with van der Waals surface area (Å²) in [6, 6.07) is 6.49. The normalized spacial score (nSPS) is 10.2. The summed E-state index contributed by atoms with van der Waals surface area (Å²) in [6.45, 7) is 2.77. The van der Waals surface area contributed by atoms with Crippen molar-refractivity contribution in [2.75, 3.05) is 19.0 Å². The van der Waals surface area contributed by atoms with Gasteiger partial charge in [0.1, 0.15) is 0 Å². The molecular weight excluding hydrogens is 160 g/mol. The van der Waals surface area contributed by atoms with E-state index in [1.165, 1.54) is 16.8 Å². The molecule has 2 nitrogen and oxygen atoms in total. The quantitative estimate of drug-likeness (QED) is 0.764. The fourth-order valence-electron chi connectivity index (χ4n) is 1.46. The molecule has 0 aliphatic heterocycles. The Morgan fingerprint density at radius 1 is 1.31 bits per heavy atom. The summed E-state index contributed by atoms with van der Waals surface area (Å²) in [5.74, 6) is 0. The first-order valence-electron chi connectivity index (χ1n) is 4.68. The van der Waals surface area contributed by atoms with Gasteiger partial charge in [-0.2, -0.15) is 0 Å². The van der Waals surface area contributed by atoms with E-state index in [1.807, 2.05) is 14.1 Å². The largest absolute Gasteiger partial charge is 0.377 e. The Bertz CT molecular complexity index is 279. The van der Waals surface area contributed by atoms with Crippen LogP contribution in [0.3, 0.4) is 0 Å². The lowest BCUT2D eigenvalue weighted by Crippen LogP contribution is -2.13. The van der Waals surface area contributed by atoms with Gasteiger partial charge in [-0.25, -0.2) is 0 Å². The molecule has 0 aromatic heterocycles. The Kier molecular flexibility index (Phi) is 3.32.